The minimum absolute atomic E-state index is 0.158. The molecule has 0 heterocycles. The number of rotatable bonds is 8. The summed E-state index contributed by atoms with van der Waals surface area (Å²) in [6.07, 6.45) is -0.257. The van der Waals surface area contributed by atoms with Gasteiger partial charge in [0.25, 0.3) is 12.2 Å². The minimum Gasteiger partial charge on any atom is -0.469 e. The molecule has 0 aliphatic heterocycles. The van der Waals surface area contributed by atoms with Crippen molar-refractivity contribution >= 4 is 22.8 Å². The van der Waals surface area contributed by atoms with E-state index in [1.807, 2.05) is 0 Å². The molecule has 0 radical (unpaired) electrons. The molecule has 0 bridgehead atoms. The Kier molecular flexibility index (Phi) is 15.7. The number of unbranched alkanes of at least 4 members (excludes halogenated alkanes) is 2. The Morgan fingerprint density at radius 1 is 0.952 bits per heavy atom. The van der Waals surface area contributed by atoms with Gasteiger partial charge in [0.2, 0.25) is 5.24 Å². The van der Waals surface area contributed by atoms with Gasteiger partial charge in [-0.3, -0.25) is 9.59 Å². The zero-order valence-corrected chi connectivity index (χ0v) is 12.3. The number of carbonyl (C=O) groups is 2. The van der Waals surface area contributed by atoms with E-state index in [2.05, 4.69) is 4.74 Å². The monoisotopic (exact) mass is 332 g/mol. The van der Waals surface area contributed by atoms with Crippen molar-refractivity contribution in [2.24, 2.45) is 0 Å². The normalized spacial score (nSPS) is 9.05. The van der Waals surface area contributed by atoms with E-state index >= 15 is 0 Å². The van der Waals surface area contributed by atoms with Crippen molar-refractivity contribution in [3.63, 3.8) is 0 Å². The summed E-state index contributed by atoms with van der Waals surface area (Å²) in [5.74, 6) is -0.363. The third kappa shape index (κ3) is 24.1. The van der Waals surface area contributed by atoms with Crippen LogP contribution >= 0.6 is 11.6 Å². The van der Waals surface area contributed by atoms with Gasteiger partial charge in [-0.05, 0) is 49.4 Å². The second kappa shape index (κ2) is 15.0. The molecule has 0 rings (SSSR count). The number of hydrogen-bond acceptors (Lipinski definition) is 3. The number of carbonyl (C=O) groups excluding carboxylic acids is 2. The largest absolute Gasteiger partial charge is 0.469 e. The molecule has 0 amide bonds. The summed E-state index contributed by atoms with van der Waals surface area (Å²) in [4.78, 5) is 20.5. The molecule has 21 heavy (non-hydrogen) atoms. The Morgan fingerprint density at radius 3 is 1.71 bits per heavy atom. The molecule has 0 aliphatic rings. The van der Waals surface area contributed by atoms with Crippen LogP contribution in [0, 0.1) is 0 Å². The molecule has 3 nitrogen and oxygen atoms in total. The lowest BCUT2D eigenvalue weighted by Gasteiger charge is -1.94. The van der Waals surface area contributed by atoms with E-state index in [9.17, 15) is 27.2 Å². The van der Waals surface area contributed by atoms with Gasteiger partial charge in [0.15, 0.2) is 0 Å². The first-order valence-corrected chi connectivity index (χ1v) is 6.44. The molecule has 0 N–H and O–H groups in total. The average Bonchev–Trinajstić information content (AvgIpc) is 2.39. The summed E-state index contributed by atoms with van der Waals surface area (Å²) in [5.41, 5.74) is 0. The number of ether oxygens (including phenoxy) is 1. The van der Waals surface area contributed by atoms with Gasteiger partial charge >= 0.3 is 5.97 Å². The van der Waals surface area contributed by atoms with E-state index in [0.29, 0.717) is 12.8 Å². The van der Waals surface area contributed by atoms with Crippen molar-refractivity contribution < 1.29 is 31.9 Å². The van der Waals surface area contributed by atoms with Gasteiger partial charge in [0.05, 0.1) is 7.11 Å². The van der Waals surface area contributed by atoms with E-state index < -0.39 is 17.4 Å². The van der Waals surface area contributed by atoms with Crippen LogP contribution in [0.25, 0.3) is 0 Å². The summed E-state index contributed by atoms with van der Waals surface area (Å²) in [5, 5.41) is -0.479. The van der Waals surface area contributed by atoms with Gasteiger partial charge in [-0.15, -0.1) is 0 Å². The molecule has 0 fully saturated rings. The highest BCUT2D eigenvalue weighted by Crippen LogP contribution is 2.05. The van der Waals surface area contributed by atoms with E-state index in [0.717, 1.165) is 12.2 Å². The van der Waals surface area contributed by atoms with Gasteiger partial charge in [-0.1, -0.05) is 0 Å². The van der Waals surface area contributed by atoms with E-state index in [1.165, 1.54) is 7.11 Å². The second-order valence-corrected chi connectivity index (χ2v) is 4.12. The van der Waals surface area contributed by atoms with Gasteiger partial charge < -0.3 is 4.74 Å². The predicted molar refractivity (Wildman–Crippen MR) is 71.2 cm³/mol. The molecule has 0 aliphatic carbocycles. The molecule has 0 aromatic heterocycles. The molecule has 8 heteroatoms. The number of hydrogen-bond donors (Lipinski definition) is 0. The van der Waals surface area contributed by atoms with Crippen molar-refractivity contribution in [2.75, 3.05) is 7.11 Å². The first-order valence-electron chi connectivity index (χ1n) is 6.07. The fraction of sp³-hybridized carbons (Fsp3) is 0.538. The van der Waals surface area contributed by atoms with E-state index in [4.69, 9.17) is 11.6 Å². The molecule has 0 saturated heterocycles. The van der Waals surface area contributed by atoms with Crippen LogP contribution in [0.15, 0.2) is 24.3 Å². The molecule has 122 valence electrons. The minimum atomic E-state index is -1.71. The molecular formula is C13H17ClF4O3. The van der Waals surface area contributed by atoms with Gasteiger partial charge in [0, 0.05) is 12.8 Å². The highest BCUT2D eigenvalue weighted by atomic mass is 35.5. The maximum atomic E-state index is 11.4. The SMILES string of the molecule is COC(=O)CCCC=C(F)F.O=C(Cl)CCCC=C(F)F. The lowest BCUT2D eigenvalue weighted by molar-refractivity contribution is -0.140. The summed E-state index contributed by atoms with van der Waals surface area (Å²) in [7, 11) is 1.27. The van der Waals surface area contributed by atoms with Crippen molar-refractivity contribution in [3.8, 4) is 0 Å². The maximum absolute atomic E-state index is 11.4. The molecule has 0 aromatic rings. The Hall–Kier alpha value is -1.37. The first-order chi connectivity index (χ1) is 9.79. The van der Waals surface area contributed by atoms with Crippen molar-refractivity contribution in [2.45, 2.75) is 38.5 Å². The molecule has 0 atom stereocenters. The highest BCUT2D eigenvalue weighted by molar-refractivity contribution is 6.63. The summed E-state index contributed by atoms with van der Waals surface area (Å²) < 4.78 is 49.7. The maximum Gasteiger partial charge on any atom is 0.305 e. The van der Waals surface area contributed by atoms with Gasteiger partial charge in [0.1, 0.15) is 0 Å². The molecular weight excluding hydrogens is 316 g/mol. The van der Waals surface area contributed by atoms with Crippen LogP contribution in [0.5, 0.6) is 0 Å². The lowest BCUT2D eigenvalue weighted by atomic mass is 10.2. The molecule has 0 spiro atoms. The molecule has 0 saturated carbocycles. The Labute approximate surface area is 125 Å². The standard InChI is InChI=1S/C7H10F2O2.C6H7ClF2O/c1-11-7(10)5-3-2-4-6(8)9;7-5(10)3-1-2-4-6(8)9/h4H,2-3,5H2,1H3;4H,1-3H2. The first kappa shape index (κ1) is 21.9. The smallest absolute Gasteiger partial charge is 0.305 e. The van der Waals surface area contributed by atoms with Crippen LogP contribution in [0.4, 0.5) is 17.6 Å². The number of allylic oxidation sites excluding steroid dienone is 2. The van der Waals surface area contributed by atoms with Crippen molar-refractivity contribution in [1.29, 1.82) is 0 Å². The van der Waals surface area contributed by atoms with Gasteiger partial charge in [-0.2, -0.15) is 17.6 Å². The molecule has 0 unspecified atom stereocenters. The van der Waals surface area contributed by atoms with Crippen LogP contribution in [-0.2, 0) is 14.3 Å². The third-order valence-electron chi connectivity index (χ3n) is 1.99. The van der Waals surface area contributed by atoms with Crippen LogP contribution in [-0.4, -0.2) is 18.3 Å². The van der Waals surface area contributed by atoms with Crippen LogP contribution in [0.1, 0.15) is 38.5 Å². The molecule has 0 aromatic carbocycles. The summed E-state index contributed by atoms with van der Waals surface area (Å²) >= 11 is 4.95. The van der Waals surface area contributed by atoms with Gasteiger partial charge in [-0.25, -0.2) is 0 Å². The Morgan fingerprint density at radius 2 is 1.38 bits per heavy atom. The fourth-order valence-corrected chi connectivity index (χ4v) is 1.15. The summed E-state index contributed by atoms with van der Waals surface area (Å²) in [6, 6.07) is 0. The predicted octanol–water partition coefficient (Wildman–Crippen LogP) is 4.81. The average molecular weight is 333 g/mol. The second-order valence-electron chi connectivity index (χ2n) is 3.70. The number of esters is 1. The van der Waals surface area contributed by atoms with E-state index in [1.54, 1.807) is 0 Å². The topological polar surface area (TPSA) is 43.4 Å². The quantitative estimate of drug-likeness (QED) is 0.277. The van der Waals surface area contributed by atoms with Crippen molar-refractivity contribution in [3.05, 3.63) is 24.3 Å². The lowest BCUT2D eigenvalue weighted by Crippen LogP contribution is -1.98. The fourth-order valence-electron chi connectivity index (χ4n) is 1.01. The Balaban J connectivity index is 0. The van der Waals surface area contributed by atoms with Crippen molar-refractivity contribution in [1.82, 2.24) is 0 Å². The number of halogens is 5. The number of methoxy groups -OCH3 is 1. The summed E-state index contributed by atoms with van der Waals surface area (Å²) in [6.45, 7) is 0. The third-order valence-corrected chi connectivity index (χ3v) is 2.18. The van der Waals surface area contributed by atoms with Crippen LogP contribution < -0.4 is 0 Å². The zero-order chi connectivity index (χ0) is 16.7. The van der Waals surface area contributed by atoms with Crippen LogP contribution in [0.2, 0.25) is 0 Å². The van der Waals surface area contributed by atoms with E-state index in [-0.39, 0.29) is 31.7 Å². The zero-order valence-electron chi connectivity index (χ0n) is 11.5. The highest BCUT2D eigenvalue weighted by Gasteiger charge is 1.98. The van der Waals surface area contributed by atoms with Crippen LogP contribution in [0.3, 0.4) is 0 Å². The Bertz CT molecular complexity index is 362.